The van der Waals surface area contributed by atoms with Gasteiger partial charge in [0.05, 0.1) is 11.8 Å². The molecule has 0 spiro atoms. The van der Waals surface area contributed by atoms with E-state index in [2.05, 4.69) is 70.6 Å². The van der Waals surface area contributed by atoms with Gasteiger partial charge in [-0.15, -0.1) is 10.2 Å². The number of carbonyl (C=O) groups excluding carboxylic acids is 1. The maximum absolute atomic E-state index is 13.4. The summed E-state index contributed by atoms with van der Waals surface area (Å²) in [5.74, 6) is 0.599. The highest BCUT2D eigenvalue weighted by atomic mass is 32.2. The molecule has 1 amide bonds. The number of thioether (sulfide) groups is 1. The van der Waals surface area contributed by atoms with E-state index >= 15 is 0 Å². The molecule has 6 heteroatoms. The second-order valence-electron chi connectivity index (χ2n) is 8.25. The molecule has 2 aromatic carbocycles. The van der Waals surface area contributed by atoms with E-state index in [-0.39, 0.29) is 11.9 Å². The lowest BCUT2D eigenvalue weighted by Gasteiger charge is -2.36. The average molecular weight is 419 g/mol. The second kappa shape index (κ2) is 8.26. The number of amides is 1. The number of aromatic nitrogens is 3. The number of hydrogen-bond donors (Lipinski definition) is 0. The number of fused-ring (bicyclic) bond motifs is 1. The Hall–Kier alpha value is -2.60. The number of carbonyl (C=O) groups is 1. The van der Waals surface area contributed by atoms with Gasteiger partial charge in [0.1, 0.15) is 6.33 Å². The Kier molecular flexibility index (Phi) is 5.34. The maximum atomic E-state index is 13.4. The molecule has 1 saturated carbocycles. The largest absolute Gasteiger partial charge is 0.332 e. The Morgan fingerprint density at radius 1 is 1.13 bits per heavy atom. The Morgan fingerprint density at radius 3 is 2.73 bits per heavy atom. The van der Waals surface area contributed by atoms with Crippen LogP contribution in [0.2, 0.25) is 0 Å². The number of aryl methyl sites for hydroxylation is 2. The van der Waals surface area contributed by atoms with Crippen molar-refractivity contribution in [2.24, 2.45) is 0 Å². The minimum Gasteiger partial charge on any atom is -0.332 e. The maximum Gasteiger partial charge on any atom is 0.233 e. The summed E-state index contributed by atoms with van der Waals surface area (Å²) in [6, 6.07) is 17.5. The van der Waals surface area contributed by atoms with Crippen molar-refractivity contribution in [1.29, 1.82) is 0 Å². The molecule has 1 fully saturated rings. The second-order valence-corrected chi connectivity index (χ2v) is 9.19. The summed E-state index contributed by atoms with van der Waals surface area (Å²) in [7, 11) is 0. The molecule has 2 aliphatic rings. The van der Waals surface area contributed by atoms with Gasteiger partial charge in [0.25, 0.3) is 0 Å². The SMILES string of the molecule is Cc1ccc(-n2cnnc2SCC(=O)N(C2CC2)C2CCCc3ccccc32)cc1. The Labute approximate surface area is 181 Å². The quantitative estimate of drug-likeness (QED) is 0.543. The van der Waals surface area contributed by atoms with Crippen LogP contribution in [0.1, 0.15) is 48.4 Å². The van der Waals surface area contributed by atoms with E-state index in [9.17, 15) is 4.79 Å². The minimum atomic E-state index is 0.211. The smallest absolute Gasteiger partial charge is 0.233 e. The van der Waals surface area contributed by atoms with E-state index in [1.54, 1.807) is 6.33 Å². The van der Waals surface area contributed by atoms with Crippen LogP contribution in [0.15, 0.2) is 60.0 Å². The van der Waals surface area contributed by atoms with Crippen molar-refractivity contribution in [2.75, 3.05) is 5.75 Å². The monoisotopic (exact) mass is 418 g/mol. The number of nitrogens with zero attached hydrogens (tertiary/aromatic N) is 4. The lowest BCUT2D eigenvalue weighted by atomic mass is 9.86. The minimum absolute atomic E-state index is 0.211. The van der Waals surface area contributed by atoms with Gasteiger partial charge in [-0.1, -0.05) is 53.7 Å². The first kappa shape index (κ1) is 19.4. The van der Waals surface area contributed by atoms with Crippen LogP contribution in [0.25, 0.3) is 5.69 Å². The molecule has 1 atom stereocenters. The van der Waals surface area contributed by atoms with Crippen LogP contribution in [0.5, 0.6) is 0 Å². The Bertz CT molecular complexity index is 1040. The van der Waals surface area contributed by atoms with E-state index in [1.807, 2.05) is 4.57 Å². The summed E-state index contributed by atoms with van der Waals surface area (Å²) in [6.07, 6.45) is 7.28. The molecule has 1 aromatic heterocycles. The van der Waals surface area contributed by atoms with Gasteiger partial charge in [-0.3, -0.25) is 9.36 Å². The molecule has 0 bridgehead atoms. The Balaban J connectivity index is 1.33. The van der Waals surface area contributed by atoms with Gasteiger partial charge in [0, 0.05) is 11.7 Å². The third-order valence-electron chi connectivity index (χ3n) is 6.06. The molecule has 0 radical (unpaired) electrons. The van der Waals surface area contributed by atoms with Crippen molar-refractivity contribution in [2.45, 2.75) is 56.3 Å². The molecule has 30 heavy (non-hydrogen) atoms. The van der Waals surface area contributed by atoms with Crippen LogP contribution < -0.4 is 0 Å². The van der Waals surface area contributed by atoms with Crippen LogP contribution in [-0.4, -0.2) is 37.4 Å². The van der Waals surface area contributed by atoms with Crippen molar-refractivity contribution in [3.63, 3.8) is 0 Å². The summed E-state index contributed by atoms with van der Waals surface area (Å²) >= 11 is 1.48. The van der Waals surface area contributed by atoms with Gasteiger partial charge in [0.2, 0.25) is 5.91 Å². The van der Waals surface area contributed by atoms with Crippen molar-refractivity contribution >= 4 is 17.7 Å². The predicted octanol–water partition coefficient (Wildman–Crippen LogP) is 4.74. The molecule has 0 saturated heterocycles. The summed E-state index contributed by atoms with van der Waals surface area (Å²) < 4.78 is 1.95. The van der Waals surface area contributed by atoms with Gasteiger partial charge in [-0.05, 0) is 62.3 Å². The summed E-state index contributed by atoms with van der Waals surface area (Å²) in [5.41, 5.74) is 4.97. The molecule has 0 aliphatic heterocycles. The van der Waals surface area contributed by atoms with Crippen LogP contribution in [-0.2, 0) is 11.2 Å². The Morgan fingerprint density at radius 2 is 1.93 bits per heavy atom. The lowest BCUT2D eigenvalue weighted by molar-refractivity contribution is -0.131. The van der Waals surface area contributed by atoms with Crippen LogP contribution >= 0.6 is 11.8 Å². The van der Waals surface area contributed by atoms with Crippen LogP contribution in [0.3, 0.4) is 0 Å². The molecular weight excluding hydrogens is 392 g/mol. The van der Waals surface area contributed by atoms with Crippen LogP contribution in [0, 0.1) is 6.92 Å². The fraction of sp³-hybridized carbons (Fsp3) is 0.375. The van der Waals surface area contributed by atoms with E-state index in [0.717, 1.165) is 42.9 Å². The molecule has 1 unspecified atom stereocenters. The first-order valence-corrected chi connectivity index (χ1v) is 11.7. The average Bonchev–Trinajstić information content (AvgIpc) is 3.49. The van der Waals surface area contributed by atoms with Crippen molar-refractivity contribution < 1.29 is 4.79 Å². The first-order chi connectivity index (χ1) is 14.7. The highest BCUT2D eigenvalue weighted by Crippen LogP contribution is 2.41. The molecule has 2 aliphatic carbocycles. The van der Waals surface area contributed by atoms with Crippen molar-refractivity contribution in [1.82, 2.24) is 19.7 Å². The summed E-state index contributed by atoms with van der Waals surface area (Å²) in [6.45, 7) is 2.07. The zero-order valence-corrected chi connectivity index (χ0v) is 18.0. The van der Waals surface area contributed by atoms with Gasteiger partial charge >= 0.3 is 0 Å². The molecule has 0 N–H and O–H groups in total. The summed E-state index contributed by atoms with van der Waals surface area (Å²) in [4.78, 5) is 15.5. The third-order valence-corrected chi connectivity index (χ3v) is 6.98. The third kappa shape index (κ3) is 3.88. The van der Waals surface area contributed by atoms with Gasteiger partial charge < -0.3 is 4.90 Å². The normalized spacial score (nSPS) is 18.1. The standard InChI is InChI=1S/C24H26N4OS/c1-17-9-11-19(12-10-17)27-16-25-26-24(27)30-15-23(29)28(20-13-14-20)22-8-4-6-18-5-2-3-7-21(18)22/h2-3,5,7,9-12,16,20,22H,4,6,8,13-15H2,1H3. The zero-order chi connectivity index (χ0) is 20.5. The molecule has 5 rings (SSSR count). The topological polar surface area (TPSA) is 51.0 Å². The number of benzene rings is 2. The first-order valence-electron chi connectivity index (χ1n) is 10.7. The molecule has 5 nitrogen and oxygen atoms in total. The van der Waals surface area contributed by atoms with Gasteiger partial charge in [-0.25, -0.2) is 0 Å². The summed E-state index contributed by atoms with van der Waals surface area (Å²) in [5, 5.41) is 9.09. The molecule has 1 heterocycles. The van der Waals surface area contributed by atoms with Crippen molar-refractivity contribution in [3.8, 4) is 5.69 Å². The van der Waals surface area contributed by atoms with Crippen molar-refractivity contribution in [3.05, 3.63) is 71.5 Å². The lowest BCUT2D eigenvalue weighted by Crippen LogP contribution is -2.39. The van der Waals surface area contributed by atoms with E-state index < -0.39 is 0 Å². The fourth-order valence-corrected chi connectivity index (χ4v) is 5.21. The van der Waals surface area contributed by atoms with Gasteiger partial charge in [0.15, 0.2) is 5.16 Å². The zero-order valence-electron chi connectivity index (χ0n) is 17.2. The van der Waals surface area contributed by atoms with Crippen LogP contribution in [0.4, 0.5) is 0 Å². The fourth-order valence-electron chi connectivity index (χ4n) is 4.41. The highest BCUT2D eigenvalue weighted by molar-refractivity contribution is 7.99. The van der Waals surface area contributed by atoms with E-state index in [4.69, 9.17) is 0 Å². The van der Waals surface area contributed by atoms with E-state index in [0.29, 0.717) is 11.8 Å². The highest BCUT2D eigenvalue weighted by Gasteiger charge is 2.39. The molecule has 3 aromatic rings. The predicted molar refractivity (Wildman–Crippen MR) is 119 cm³/mol. The molecule has 154 valence electrons. The van der Waals surface area contributed by atoms with Gasteiger partial charge in [-0.2, -0.15) is 0 Å². The number of hydrogen-bond acceptors (Lipinski definition) is 4. The number of rotatable bonds is 6. The molecular formula is C24H26N4OS. The van der Waals surface area contributed by atoms with E-state index in [1.165, 1.54) is 28.5 Å².